The molecular weight excluding hydrogens is 272 g/mol. The molecule has 1 saturated carbocycles. The molecule has 4 nitrogen and oxygen atoms in total. The maximum Gasteiger partial charge on any atom is 0.253 e. The molecule has 0 aromatic heterocycles. The molecule has 0 radical (unpaired) electrons. The van der Waals surface area contributed by atoms with E-state index in [2.05, 4.69) is 11.6 Å². The summed E-state index contributed by atoms with van der Waals surface area (Å²) in [5, 5.41) is 3.83. The molecule has 0 bridgehead atoms. The number of hydrogen-bond acceptors (Lipinski definition) is 4. The number of carbonyl (C=O) groups excluding carboxylic acids is 1. The van der Waals surface area contributed by atoms with Gasteiger partial charge in [-0.3, -0.25) is 4.79 Å². The number of nitrogens with one attached hydrogen (secondary N) is 1. The first-order chi connectivity index (χ1) is 9.65. The van der Waals surface area contributed by atoms with Crippen LogP contribution in [-0.2, 0) is 0 Å². The predicted octanol–water partition coefficient (Wildman–Crippen LogP) is 2.68. The van der Waals surface area contributed by atoms with E-state index in [1.807, 2.05) is 11.8 Å². The fraction of sp³-hybridized carbons (Fsp3) is 0.533. The number of rotatable bonds is 4. The SMILES string of the molecule is COc1cccc(C(=O)NC2CCC(SC)CC2)c1N. The Bertz CT molecular complexity index is 471. The molecule has 110 valence electrons. The third-order valence-corrected chi connectivity index (χ3v) is 5.01. The number of thioether (sulfide) groups is 1. The molecule has 0 atom stereocenters. The average Bonchev–Trinajstić information content (AvgIpc) is 2.48. The van der Waals surface area contributed by atoms with Crippen LogP contribution < -0.4 is 15.8 Å². The van der Waals surface area contributed by atoms with E-state index in [4.69, 9.17) is 10.5 Å². The monoisotopic (exact) mass is 294 g/mol. The zero-order valence-electron chi connectivity index (χ0n) is 12.0. The van der Waals surface area contributed by atoms with Gasteiger partial charge >= 0.3 is 0 Å². The van der Waals surface area contributed by atoms with E-state index in [1.165, 1.54) is 12.8 Å². The lowest BCUT2D eigenvalue weighted by molar-refractivity contribution is 0.0929. The molecular formula is C15H22N2O2S. The normalized spacial score (nSPS) is 22.3. The summed E-state index contributed by atoms with van der Waals surface area (Å²) in [7, 11) is 1.55. The summed E-state index contributed by atoms with van der Waals surface area (Å²) < 4.78 is 5.15. The van der Waals surface area contributed by atoms with Crippen LogP contribution in [0.3, 0.4) is 0 Å². The Hall–Kier alpha value is -1.36. The van der Waals surface area contributed by atoms with Crippen molar-refractivity contribution < 1.29 is 9.53 Å². The minimum atomic E-state index is -0.103. The Kier molecular flexibility index (Phi) is 5.17. The first-order valence-corrected chi connectivity index (χ1v) is 8.20. The van der Waals surface area contributed by atoms with Gasteiger partial charge in [-0.1, -0.05) is 6.07 Å². The summed E-state index contributed by atoms with van der Waals surface area (Å²) in [6.07, 6.45) is 6.57. The van der Waals surface area contributed by atoms with Crippen molar-refractivity contribution >= 4 is 23.4 Å². The molecule has 1 aromatic carbocycles. The van der Waals surface area contributed by atoms with Gasteiger partial charge in [0.1, 0.15) is 5.75 Å². The first kappa shape index (κ1) is 15.0. The number of para-hydroxylation sites is 1. The largest absolute Gasteiger partial charge is 0.495 e. The molecule has 1 aliphatic carbocycles. The lowest BCUT2D eigenvalue weighted by atomic mass is 9.94. The fourth-order valence-electron chi connectivity index (χ4n) is 2.63. The van der Waals surface area contributed by atoms with Crippen molar-refractivity contribution in [2.45, 2.75) is 37.0 Å². The third-order valence-electron chi connectivity index (χ3n) is 3.87. The minimum Gasteiger partial charge on any atom is -0.495 e. The van der Waals surface area contributed by atoms with Gasteiger partial charge in [0.05, 0.1) is 18.4 Å². The molecule has 0 heterocycles. The number of carbonyl (C=O) groups is 1. The van der Waals surface area contributed by atoms with Crippen molar-refractivity contribution in [3.8, 4) is 5.75 Å². The quantitative estimate of drug-likeness (QED) is 0.838. The molecule has 5 heteroatoms. The van der Waals surface area contributed by atoms with Crippen LogP contribution in [-0.4, -0.2) is 30.6 Å². The predicted molar refractivity (Wildman–Crippen MR) is 84.4 cm³/mol. The topological polar surface area (TPSA) is 64.3 Å². The Balaban J connectivity index is 1.99. The maximum absolute atomic E-state index is 12.3. The lowest BCUT2D eigenvalue weighted by Crippen LogP contribution is -2.38. The van der Waals surface area contributed by atoms with E-state index in [-0.39, 0.29) is 11.9 Å². The number of anilines is 1. The molecule has 2 rings (SSSR count). The van der Waals surface area contributed by atoms with E-state index >= 15 is 0 Å². The molecule has 1 aromatic rings. The molecule has 1 amide bonds. The van der Waals surface area contributed by atoms with Gasteiger partial charge in [-0.2, -0.15) is 11.8 Å². The van der Waals surface area contributed by atoms with Gasteiger partial charge in [0.15, 0.2) is 0 Å². The Labute approximate surface area is 124 Å². The van der Waals surface area contributed by atoms with Crippen LogP contribution in [0, 0.1) is 0 Å². The van der Waals surface area contributed by atoms with Crippen LogP contribution in [0.15, 0.2) is 18.2 Å². The van der Waals surface area contributed by atoms with Crippen molar-refractivity contribution in [3.63, 3.8) is 0 Å². The number of nitrogens with two attached hydrogens (primary N) is 1. The lowest BCUT2D eigenvalue weighted by Gasteiger charge is -2.28. The van der Waals surface area contributed by atoms with Gasteiger partial charge in [-0.05, 0) is 44.1 Å². The Morgan fingerprint density at radius 1 is 1.35 bits per heavy atom. The van der Waals surface area contributed by atoms with Crippen LogP contribution in [0.5, 0.6) is 5.75 Å². The van der Waals surface area contributed by atoms with Gasteiger partial charge in [-0.25, -0.2) is 0 Å². The van der Waals surface area contributed by atoms with Gasteiger partial charge in [0.25, 0.3) is 5.91 Å². The molecule has 0 saturated heterocycles. The summed E-state index contributed by atoms with van der Waals surface area (Å²) in [6, 6.07) is 5.54. The Morgan fingerprint density at radius 3 is 2.65 bits per heavy atom. The van der Waals surface area contributed by atoms with Crippen LogP contribution in [0.1, 0.15) is 36.0 Å². The van der Waals surface area contributed by atoms with Crippen LogP contribution in [0.2, 0.25) is 0 Å². The van der Waals surface area contributed by atoms with Gasteiger partial charge in [0.2, 0.25) is 0 Å². The zero-order chi connectivity index (χ0) is 14.5. The number of amides is 1. The second kappa shape index (κ2) is 6.88. The van der Waals surface area contributed by atoms with Crippen molar-refractivity contribution in [2.75, 3.05) is 19.1 Å². The van der Waals surface area contributed by atoms with E-state index < -0.39 is 0 Å². The van der Waals surface area contributed by atoms with Crippen molar-refractivity contribution in [3.05, 3.63) is 23.8 Å². The number of benzene rings is 1. The first-order valence-electron chi connectivity index (χ1n) is 6.91. The number of ether oxygens (including phenoxy) is 1. The smallest absolute Gasteiger partial charge is 0.253 e. The number of hydrogen-bond donors (Lipinski definition) is 2. The highest BCUT2D eigenvalue weighted by Gasteiger charge is 2.23. The second-order valence-corrected chi connectivity index (χ2v) is 6.24. The standard InChI is InChI=1S/C15H22N2O2S/c1-19-13-5-3-4-12(14(13)16)15(18)17-10-6-8-11(20-2)9-7-10/h3-5,10-11H,6-9,16H2,1-2H3,(H,17,18). The average molecular weight is 294 g/mol. The van der Waals surface area contributed by atoms with Crippen molar-refractivity contribution in [2.24, 2.45) is 0 Å². The summed E-state index contributed by atoms with van der Waals surface area (Å²) in [5.74, 6) is 0.442. The summed E-state index contributed by atoms with van der Waals surface area (Å²) in [5.41, 5.74) is 6.86. The highest BCUT2D eigenvalue weighted by Crippen LogP contribution is 2.28. The fourth-order valence-corrected chi connectivity index (χ4v) is 3.37. The van der Waals surface area contributed by atoms with Crippen molar-refractivity contribution in [1.29, 1.82) is 0 Å². The van der Waals surface area contributed by atoms with E-state index in [1.54, 1.807) is 25.3 Å². The summed E-state index contributed by atoms with van der Waals surface area (Å²) in [6.45, 7) is 0. The van der Waals surface area contributed by atoms with E-state index in [0.29, 0.717) is 17.0 Å². The van der Waals surface area contributed by atoms with Crippen LogP contribution in [0.25, 0.3) is 0 Å². The second-order valence-electron chi connectivity index (χ2n) is 5.10. The highest BCUT2D eigenvalue weighted by atomic mass is 32.2. The molecule has 1 aliphatic rings. The van der Waals surface area contributed by atoms with Gasteiger partial charge < -0.3 is 15.8 Å². The molecule has 1 fully saturated rings. The molecule has 0 spiro atoms. The minimum absolute atomic E-state index is 0.103. The number of nitrogen functional groups attached to an aromatic ring is 1. The van der Waals surface area contributed by atoms with Gasteiger partial charge in [-0.15, -0.1) is 0 Å². The Morgan fingerprint density at radius 2 is 2.05 bits per heavy atom. The van der Waals surface area contributed by atoms with Crippen molar-refractivity contribution in [1.82, 2.24) is 5.32 Å². The molecule has 20 heavy (non-hydrogen) atoms. The van der Waals surface area contributed by atoms with Gasteiger partial charge in [0, 0.05) is 11.3 Å². The zero-order valence-corrected chi connectivity index (χ0v) is 12.8. The molecule has 0 aliphatic heterocycles. The van der Waals surface area contributed by atoms with E-state index in [0.717, 1.165) is 18.1 Å². The molecule has 0 unspecified atom stereocenters. The van der Waals surface area contributed by atoms with E-state index in [9.17, 15) is 4.79 Å². The third kappa shape index (κ3) is 3.39. The molecule has 3 N–H and O–H groups in total. The maximum atomic E-state index is 12.3. The highest BCUT2D eigenvalue weighted by molar-refractivity contribution is 7.99. The summed E-state index contributed by atoms with van der Waals surface area (Å²) >= 11 is 1.92. The van der Waals surface area contributed by atoms with Crippen LogP contribution in [0.4, 0.5) is 5.69 Å². The summed E-state index contributed by atoms with van der Waals surface area (Å²) in [4.78, 5) is 12.3. The number of methoxy groups -OCH3 is 1. The van der Waals surface area contributed by atoms with Crippen LogP contribution >= 0.6 is 11.8 Å².